The first kappa shape index (κ1) is 11.2. The number of benzene rings is 1. The van der Waals surface area contributed by atoms with E-state index in [1.807, 2.05) is 0 Å². The predicted octanol–water partition coefficient (Wildman–Crippen LogP) is 1.07. The zero-order valence-electron chi connectivity index (χ0n) is 8.36. The predicted molar refractivity (Wildman–Crippen MR) is 54.9 cm³/mol. The number of aromatic hydroxyl groups is 2. The van der Waals surface area contributed by atoms with Crippen LogP contribution in [0, 0.1) is 0 Å². The maximum atomic E-state index is 11.0. The lowest BCUT2D eigenvalue weighted by Crippen LogP contribution is -2.16. The van der Waals surface area contributed by atoms with Crippen molar-refractivity contribution in [3.8, 4) is 11.5 Å². The van der Waals surface area contributed by atoms with E-state index in [2.05, 4.69) is 5.32 Å². The molecule has 0 aliphatic rings. The van der Waals surface area contributed by atoms with Crippen LogP contribution < -0.4 is 5.32 Å². The fourth-order valence-electron chi connectivity index (χ4n) is 1.02. The van der Waals surface area contributed by atoms with Crippen molar-refractivity contribution in [2.45, 2.75) is 6.92 Å². The third-order valence-electron chi connectivity index (χ3n) is 1.72. The maximum absolute atomic E-state index is 11.0. The Morgan fingerprint density at radius 3 is 2.73 bits per heavy atom. The van der Waals surface area contributed by atoms with Crippen LogP contribution in [0.5, 0.6) is 11.5 Å². The van der Waals surface area contributed by atoms with Gasteiger partial charge in [0.15, 0.2) is 11.5 Å². The van der Waals surface area contributed by atoms with Gasteiger partial charge in [0.05, 0.1) is 6.61 Å². The summed E-state index contributed by atoms with van der Waals surface area (Å²) < 4.78 is 4.70. The Bertz CT molecular complexity index is 351. The molecule has 0 amide bonds. The molecule has 82 valence electrons. The minimum atomic E-state index is -0.370. The summed E-state index contributed by atoms with van der Waals surface area (Å²) >= 11 is 0. The highest BCUT2D eigenvalue weighted by Gasteiger charge is 2.03. The van der Waals surface area contributed by atoms with Crippen molar-refractivity contribution in [2.24, 2.45) is 0 Å². The van der Waals surface area contributed by atoms with Crippen LogP contribution in [0.15, 0.2) is 18.2 Å². The average molecular weight is 211 g/mol. The van der Waals surface area contributed by atoms with Gasteiger partial charge in [-0.15, -0.1) is 0 Å². The summed E-state index contributed by atoms with van der Waals surface area (Å²) in [6.45, 7) is 2.09. The molecule has 0 fully saturated rings. The largest absolute Gasteiger partial charge is 0.504 e. The molecule has 0 saturated heterocycles. The van der Waals surface area contributed by atoms with Crippen molar-refractivity contribution in [2.75, 3.05) is 18.5 Å². The molecule has 0 aliphatic carbocycles. The van der Waals surface area contributed by atoms with Crippen molar-refractivity contribution in [1.29, 1.82) is 0 Å². The van der Waals surface area contributed by atoms with Crippen LogP contribution in [0.1, 0.15) is 6.92 Å². The van der Waals surface area contributed by atoms with Gasteiger partial charge in [-0.1, -0.05) is 0 Å². The summed E-state index contributed by atoms with van der Waals surface area (Å²) in [5.74, 6) is -0.800. The van der Waals surface area contributed by atoms with Crippen molar-refractivity contribution in [1.82, 2.24) is 0 Å². The van der Waals surface area contributed by atoms with Crippen molar-refractivity contribution < 1.29 is 19.7 Å². The number of phenolic OH excluding ortho intramolecular Hbond substituents is 2. The maximum Gasteiger partial charge on any atom is 0.325 e. The molecule has 15 heavy (non-hydrogen) atoms. The molecule has 3 N–H and O–H groups in total. The van der Waals surface area contributed by atoms with Gasteiger partial charge in [0.1, 0.15) is 6.54 Å². The lowest BCUT2D eigenvalue weighted by atomic mass is 10.3. The van der Waals surface area contributed by atoms with Crippen LogP contribution in [0.3, 0.4) is 0 Å². The number of carbonyl (C=O) groups excluding carboxylic acids is 1. The molecule has 0 spiro atoms. The molecule has 1 aromatic carbocycles. The summed E-state index contributed by atoms with van der Waals surface area (Å²) in [6.07, 6.45) is 0. The number of carbonyl (C=O) groups is 1. The first-order valence-corrected chi connectivity index (χ1v) is 4.55. The highest BCUT2D eigenvalue weighted by Crippen LogP contribution is 2.27. The van der Waals surface area contributed by atoms with E-state index >= 15 is 0 Å². The quantitative estimate of drug-likeness (QED) is 0.394. The number of nitrogens with one attached hydrogen (secondary N) is 1. The van der Waals surface area contributed by atoms with Gasteiger partial charge in [-0.05, 0) is 19.1 Å². The van der Waals surface area contributed by atoms with Crippen LogP contribution in [0.2, 0.25) is 0 Å². The Kier molecular flexibility index (Phi) is 3.79. The molecule has 5 nitrogen and oxygen atoms in total. The van der Waals surface area contributed by atoms with Crippen LogP contribution >= 0.6 is 0 Å². The SMILES string of the molecule is CCOC(=O)CNc1ccc(O)c(O)c1. The number of phenols is 2. The Balaban J connectivity index is 2.51. The van der Waals surface area contributed by atoms with Crippen LogP contribution in [0.4, 0.5) is 5.69 Å². The Labute approximate surface area is 87.3 Å². The molecule has 0 bridgehead atoms. The Hall–Kier alpha value is -1.91. The number of rotatable bonds is 4. The third-order valence-corrected chi connectivity index (χ3v) is 1.72. The molecule has 0 aliphatic heterocycles. The van der Waals surface area contributed by atoms with Crippen molar-refractivity contribution in [3.05, 3.63) is 18.2 Å². The second kappa shape index (κ2) is 5.09. The molecule has 1 aromatic rings. The van der Waals surface area contributed by atoms with Gasteiger partial charge in [-0.2, -0.15) is 0 Å². The van der Waals surface area contributed by atoms with Gasteiger partial charge in [0, 0.05) is 11.8 Å². The third kappa shape index (κ3) is 3.38. The molecule has 0 unspecified atom stereocenters. The van der Waals surface area contributed by atoms with Gasteiger partial charge >= 0.3 is 5.97 Å². The summed E-state index contributed by atoms with van der Waals surface area (Å²) in [7, 11) is 0. The summed E-state index contributed by atoms with van der Waals surface area (Å²) in [5.41, 5.74) is 0.540. The van der Waals surface area contributed by atoms with E-state index in [4.69, 9.17) is 14.9 Å². The zero-order valence-corrected chi connectivity index (χ0v) is 8.36. The second-order valence-corrected chi connectivity index (χ2v) is 2.86. The van der Waals surface area contributed by atoms with E-state index in [1.54, 1.807) is 13.0 Å². The smallest absolute Gasteiger partial charge is 0.325 e. The van der Waals surface area contributed by atoms with Gasteiger partial charge in [0.25, 0.3) is 0 Å². The molecule has 0 aromatic heterocycles. The molecule has 0 heterocycles. The van der Waals surface area contributed by atoms with Crippen LogP contribution in [-0.2, 0) is 9.53 Å². The number of esters is 1. The highest BCUT2D eigenvalue weighted by atomic mass is 16.5. The van der Waals surface area contributed by atoms with E-state index in [0.29, 0.717) is 12.3 Å². The van der Waals surface area contributed by atoms with Gasteiger partial charge in [-0.25, -0.2) is 0 Å². The average Bonchev–Trinajstić information content (AvgIpc) is 2.20. The summed E-state index contributed by atoms with van der Waals surface area (Å²) in [5, 5.41) is 21.0. The number of hydrogen-bond acceptors (Lipinski definition) is 5. The van der Waals surface area contributed by atoms with Crippen LogP contribution in [-0.4, -0.2) is 29.3 Å². The first-order valence-electron chi connectivity index (χ1n) is 4.55. The van der Waals surface area contributed by atoms with Gasteiger partial charge in [0.2, 0.25) is 0 Å². The lowest BCUT2D eigenvalue weighted by Gasteiger charge is -2.06. The number of ether oxygens (including phenoxy) is 1. The minimum absolute atomic E-state index is 0.0258. The van der Waals surface area contributed by atoms with Crippen molar-refractivity contribution in [3.63, 3.8) is 0 Å². The molecular formula is C10H13NO4. The van der Waals surface area contributed by atoms with Gasteiger partial charge < -0.3 is 20.3 Å². The number of hydrogen-bond donors (Lipinski definition) is 3. The summed E-state index contributed by atoms with van der Waals surface area (Å²) in [4.78, 5) is 11.0. The van der Waals surface area contributed by atoms with Crippen LogP contribution in [0.25, 0.3) is 0 Å². The molecule has 0 radical (unpaired) electrons. The van der Waals surface area contributed by atoms with E-state index in [0.717, 1.165) is 0 Å². The van der Waals surface area contributed by atoms with Gasteiger partial charge in [-0.3, -0.25) is 4.79 Å². The van der Waals surface area contributed by atoms with E-state index in [1.165, 1.54) is 12.1 Å². The van der Waals surface area contributed by atoms with E-state index in [9.17, 15) is 4.79 Å². The minimum Gasteiger partial charge on any atom is -0.504 e. The fraction of sp³-hybridized carbons (Fsp3) is 0.300. The monoisotopic (exact) mass is 211 g/mol. The zero-order chi connectivity index (χ0) is 11.3. The number of anilines is 1. The molecular weight excluding hydrogens is 198 g/mol. The van der Waals surface area contributed by atoms with E-state index in [-0.39, 0.29) is 24.0 Å². The normalized spacial score (nSPS) is 9.67. The lowest BCUT2D eigenvalue weighted by molar-refractivity contribution is -0.140. The van der Waals surface area contributed by atoms with E-state index < -0.39 is 0 Å². The first-order chi connectivity index (χ1) is 7.13. The second-order valence-electron chi connectivity index (χ2n) is 2.86. The fourth-order valence-corrected chi connectivity index (χ4v) is 1.02. The standard InChI is InChI=1S/C10H13NO4/c1-2-15-10(14)6-11-7-3-4-8(12)9(13)5-7/h3-5,11-13H,2,6H2,1H3. The Morgan fingerprint density at radius 1 is 1.40 bits per heavy atom. The molecule has 0 atom stereocenters. The molecule has 0 saturated carbocycles. The summed E-state index contributed by atoms with van der Waals surface area (Å²) in [6, 6.07) is 4.21. The molecule has 5 heteroatoms. The highest BCUT2D eigenvalue weighted by molar-refractivity contribution is 5.75. The molecule has 1 rings (SSSR count). The Morgan fingerprint density at radius 2 is 2.13 bits per heavy atom. The van der Waals surface area contributed by atoms with Crippen molar-refractivity contribution >= 4 is 11.7 Å². The topological polar surface area (TPSA) is 78.8 Å².